The lowest BCUT2D eigenvalue weighted by Gasteiger charge is -2.28. The summed E-state index contributed by atoms with van der Waals surface area (Å²) in [5.41, 5.74) is 5.62. The Morgan fingerprint density at radius 1 is 1.44 bits per heavy atom. The first-order valence-electron chi connectivity index (χ1n) is 6.42. The molecule has 0 bridgehead atoms. The molecule has 4 heteroatoms. The van der Waals surface area contributed by atoms with Gasteiger partial charge >= 0.3 is 0 Å². The molecule has 0 radical (unpaired) electrons. The lowest BCUT2D eigenvalue weighted by atomic mass is 10.1. The average Bonchev–Trinajstić information content (AvgIpc) is 2.88. The third kappa shape index (κ3) is 2.55. The highest BCUT2D eigenvalue weighted by Crippen LogP contribution is 2.19. The maximum absolute atomic E-state index is 11.7. The molecule has 2 unspecified atom stereocenters. The highest BCUT2D eigenvalue weighted by molar-refractivity contribution is 5.78. The Kier molecular flexibility index (Phi) is 3.82. The van der Waals surface area contributed by atoms with Crippen LogP contribution in [-0.4, -0.2) is 54.5 Å². The van der Waals surface area contributed by atoms with Crippen LogP contribution in [0.5, 0.6) is 0 Å². The molecule has 2 rings (SSSR count). The zero-order valence-electron chi connectivity index (χ0n) is 10.2. The van der Waals surface area contributed by atoms with Gasteiger partial charge in [-0.2, -0.15) is 0 Å². The fraction of sp³-hybridized carbons (Fsp3) is 0.917. The Morgan fingerprint density at radius 3 is 2.69 bits per heavy atom. The van der Waals surface area contributed by atoms with Gasteiger partial charge in [-0.1, -0.05) is 0 Å². The minimum absolute atomic E-state index is 0.293. The van der Waals surface area contributed by atoms with Crippen molar-refractivity contribution in [1.82, 2.24) is 9.80 Å². The molecule has 2 saturated heterocycles. The number of carbonyl (C=O) groups is 1. The molecule has 2 heterocycles. The monoisotopic (exact) mass is 225 g/mol. The Labute approximate surface area is 97.8 Å². The standard InChI is InChI=1S/C12H23N3O/c1-10(14-4-2-3-5-14)8-15-9-11(7-13)6-12(15)16/h10-11H,2-9,13H2,1H3. The summed E-state index contributed by atoms with van der Waals surface area (Å²) in [4.78, 5) is 16.2. The van der Waals surface area contributed by atoms with Crippen molar-refractivity contribution >= 4 is 5.91 Å². The minimum atomic E-state index is 0.293. The van der Waals surface area contributed by atoms with Gasteiger partial charge in [-0.15, -0.1) is 0 Å². The predicted molar refractivity (Wildman–Crippen MR) is 64.0 cm³/mol. The maximum atomic E-state index is 11.7. The van der Waals surface area contributed by atoms with Gasteiger partial charge in [-0.05, 0) is 45.3 Å². The molecule has 92 valence electrons. The van der Waals surface area contributed by atoms with Crippen molar-refractivity contribution in [2.24, 2.45) is 11.7 Å². The van der Waals surface area contributed by atoms with Gasteiger partial charge in [0, 0.05) is 25.6 Å². The molecule has 16 heavy (non-hydrogen) atoms. The van der Waals surface area contributed by atoms with E-state index >= 15 is 0 Å². The second kappa shape index (κ2) is 5.15. The molecule has 2 aliphatic rings. The number of hydrogen-bond donors (Lipinski definition) is 1. The summed E-state index contributed by atoms with van der Waals surface area (Å²) >= 11 is 0. The number of rotatable bonds is 4. The van der Waals surface area contributed by atoms with Crippen LogP contribution in [0.15, 0.2) is 0 Å². The summed E-state index contributed by atoms with van der Waals surface area (Å²) in [5.74, 6) is 0.680. The average molecular weight is 225 g/mol. The molecule has 2 aliphatic heterocycles. The molecule has 1 amide bonds. The van der Waals surface area contributed by atoms with E-state index in [1.807, 2.05) is 4.90 Å². The van der Waals surface area contributed by atoms with E-state index < -0.39 is 0 Å². The molecule has 2 atom stereocenters. The first kappa shape index (κ1) is 11.9. The van der Waals surface area contributed by atoms with Crippen molar-refractivity contribution in [2.75, 3.05) is 32.7 Å². The number of nitrogens with zero attached hydrogens (tertiary/aromatic N) is 2. The number of likely N-dealkylation sites (tertiary alicyclic amines) is 2. The van der Waals surface area contributed by atoms with Crippen LogP contribution < -0.4 is 5.73 Å². The molecule has 2 fully saturated rings. The summed E-state index contributed by atoms with van der Waals surface area (Å²) in [6.45, 7) is 7.02. The van der Waals surface area contributed by atoms with E-state index in [0.717, 1.165) is 13.1 Å². The summed E-state index contributed by atoms with van der Waals surface area (Å²) in [5, 5.41) is 0. The molecule has 2 N–H and O–H groups in total. The summed E-state index contributed by atoms with van der Waals surface area (Å²) in [6, 6.07) is 0.503. The molecule has 0 spiro atoms. The molecule has 0 saturated carbocycles. The van der Waals surface area contributed by atoms with E-state index in [2.05, 4.69) is 11.8 Å². The first-order valence-corrected chi connectivity index (χ1v) is 6.42. The summed E-state index contributed by atoms with van der Waals surface area (Å²) in [6.07, 6.45) is 3.27. The van der Waals surface area contributed by atoms with Crippen LogP contribution in [0.1, 0.15) is 26.2 Å². The zero-order valence-corrected chi connectivity index (χ0v) is 10.2. The van der Waals surface area contributed by atoms with Crippen molar-refractivity contribution in [1.29, 1.82) is 0 Å². The molecule has 0 aromatic heterocycles. The number of amides is 1. The molecular formula is C12H23N3O. The van der Waals surface area contributed by atoms with Crippen LogP contribution >= 0.6 is 0 Å². The van der Waals surface area contributed by atoms with Gasteiger partial charge in [-0.25, -0.2) is 0 Å². The first-order chi connectivity index (χ1) is 7.70. The third-order valence-corrected chi connectivity index (χ3v) is 3.88. The van der Waals surface area contributed by atoms with Crippen molar-refractivity contribution in [3.8, 4) is 0 Å². The van der Waals surface area contributed by atoms with Crippen molar-refractivity contribution < 1.29 is 4.79 Å². The minimum Gasteiger partial charge on any atom is -0.341 e. The van der Waals surface area contributed by atoms with Gasteiger partial charge in [0.2, 0.25) is 5.91 Å². The lowest BCUT2D eigenvalue weighted by molar-refractivity contribution is -0.128. The van der Waals surface area contributed by atoms with Crippen LogP contribution in [0.25, 0.3) is 0 Å². The van der Waals surface area contributed by atoms with Gasteiger partial charge in [0.15, 0.2) is 0 Å². The van der Waals surface area contributed by atoms with Crippen LogP contribution in [0.4, 0.5) is 0 Å². The molecule has 4 nitrogen and oxygen atoms in total. The Bertz CT molecular complexity index is 251. The summed E-state index contributed by atoms with van der Waals surface area (Å²) < 4.78 is 0. The Morgan fingerprint density at radius 2 is 2.12 bits per heavy atom. The van der Waals surface area contributed by atoms with Crippen LogP contribution in [0, 0.1) is 5.92 Å². The molecular weight excluding hydrogens is 202 g/mol. The fourth-order valence-corrected chi connectivity index (χ4v) is 2.81. The highest BCUT2D eigenvalue weighted by atomic mass is 16.2. The number of nitrogens with two attached hydrogens (primary N) is 1. The van der Waals surface area contributed by atoms with Crippen molar-refractivity contribution in [2.45, 2.75) is 32.2 Å². The fourth-order valence-electron chi connectivity index (χ4n) is 2.81. The normalized spacial score (nSPS) is 29.0. The van der Waals surface area contributed by atoms with Gasteiger partial charge in [0.25, 0.3) is 0 Å². The topological polar surface area (TPSA) is 49.6 Å². The van der Waals surface area contributed by atoms with Gasteiger partial charge < -0.3 is 10.6 Å². The lowest BCUT2D eigenvalue weighted by Crippen LogP contribution is -2.41. The second-order valence-electron chi connectivity index (χ2n) is 5.20. The Balaban J connectivity index is 1.82. The van der Waals surface area contributed by atoms with Crippen LogP contribution in [-0.2, 0) is 4.79 Å². The molecule has 0 aromatic carbocycles. The van der Waals surface area contributed by atoms with Crippen molar-refractivity contribution in [3.05, 3.63) is 0 Å². The van der Waals surface area contributed by atoms with Gasteiger partial charge in [0.05, 0.1) is 0 Å². The van der Waals surface area contributed by atoms with Gasteiger partial charge in [0.1, 0.15) is 0 Å². The van der Waals surface area contributed by atoms with E-state index in [9.17, 15) is 4.79 Å². The zero-order chi connectivity index (χ0) is 11.5. The van der Waals surface area contributed by atoms with E-state index in [-0.39, 0.29) is 0 Å². The molecule has 0 aromatic rings. The van der Waals surface area contributed by atoms with E-state index in [4.69, 9.17) is 5.73 Å². The number of carbonyl (C=O) groups excluding carboxylic acids is 1. The largest absolute Gasteiger partial charge is 0.341 e. The SMILES string of the molecule is CC(CN1CC(CN)CC1=O)N1CCCC1. The second-order valence-corrected chi connectivity index (χ2v) is 5.20. The van der Waals surface area contributed by atoms with Crippen LogP contribution in [0.2, 0.25) is 0 Å². The molecule has 0 aliphatic carbocycles. The van der Waals surface area contributed by atoms with E-state index in [1.165, 1.54) is 25.9 Å². The Hall–Kier alpha value is -0.610. The van der Waals surface area contributed by atoms with Crippen molar-refractivity contribution in [3.63, 3.8) is 0 Å². The highest BCUT2D eigenvalue weighted by Gasteiger charge is 2.30. The predicted octanol–water partition coefficient (Wildman–Crippen LogP) is 0.278. The van der Waals surface area contributed by atoms with Crippen LogP contribution in [0.3, 0.4) is 0 Å². The smallest absolute Gasteiger partial charge is 0.223 e. The maximum Gasteiger partial charge on any atom is 0.223 e. The third-order valence-electron chi connectivity index (χ3n) is 3.88. The van der Waals surface area contributed by atoms with E-state index in [1.54, 1.807) is 0 Å². The van der Waals surface area contributed by atoms with Gasteiger partial charge in [-0.3, -0.25) is 9.69 Å². The van der Waals surface area contributed by atoms with E-state index in [0.29, 0.717) is 30.8 Å². The number of hydrogen-bond acceptors (Lipinski definition) is 3. The summed E-state index contributed by atoms with van der Waals surface area (Å²) in [7, 11) is 0. The quantitative estimate of drug-likeness (QED) is 0.747.